The highest BCUT2D eigenvalue weighted by Gasteiger charge is 2.25. The third kappa shape index (κ3) is 4.68. The Morgan fingerprint density at radius 3 is 2.24 bits per heavy atom. The van der Waals surface area contributed by atoms with Crippen LogP contribution in [0.3, 0.4) is 0 Å². The summed E-state index contributed by atoms with van der Waals surface area (Å²) in [6.45, 7) is 7.80. The number of rotatable bonds is 6. The number of benzene rings is 2. The van der Waals surface area contributed by atoms with E-state index < -0.39 is 5.54 Å². The van der Waals surface area contributed by atoms with Gasteiger partial charge in [0.25, 0.3) is 11.5 Å². The average Bonchev–Trinajstić information content (AvgIpc) is 3.28. The summed E-state index contributed by atoms with van der Waals surface area (Å²) in [4.78, 5) is 25.8. The number of fused-ring (bicyclic) bond motifs is 1. The molecule has 1 N–H and O–H groups in total. The molecule has 0 saturated carbocycles. The van der Waals surface area contributed by atoms with E-state index in [2.05, 4.69) is 10.4 Å². The van der Waals surface area contributed by atoms with Crippen LogP contribution in [0.25, 0.3) is 28.0 Å². The predicted molar refractivity (Wildman–Crippen MR) is 145 cm³/mol. The topological polar surface area (TPSA) is 81.3 Å². The second kappa shape index (κ2) is 9.50. The minimum Gasteiger partial charge on any atom is -0.343 e. The fraction of sp³-hybridized carbons (Fsp3) is 0.200. The minimum atomic E-state index is -0.558. The van der Waals surface area contributed by atoms with Gasteiger partial charge in [0.15, 0.2) is 0 Å². The van der Waals surface area contributed by atoms with Crippen molar-refractivity contribution < 1.29 is 4.79 Å². The molecule has 0 saturated heterocycles. The molecule has 0 spiro atoms. The largest absolute Gasteiger partial charge is 0.343 e. The van der Waals surface area contributed by atoms with Crippen molar-refractivity contribution in [3.63, 3.8) is 0 Å². The highest BCUT2D eigenvalue weighted by molar-refractivity contribution is 5.98. The van der Waals surface area contributed by atoms with Crippen molar-refractivity contribution in [2.75, 3.05) is 0 Å². The molecule has 0 atom stereocenters. The van der Waals surface area contributed by atoms with E-state index in [9.17, 15) is 9.59 Å². The number of carbonyl (C=O) groups excluding carboxylic acids is 1. The van der Waals surface area contributed by atoms with Crippen LogP contribution in [0.15, 0.2) is 95.9 Å². The summed E-state index contributed by atoms with van der Waals surface area (Å²) in [6, 6.07) is 26.4. The van der Waals surface area contributed by atoms with Crippen LogP contribution in [0.5, 0.6) is 0 Å². The number of nitrogens with one attached hydrogen (secondary N) is 1. The number of carbonyl (C=O) groups is 1. The molecule has 0 radical (unpaired) electrons. The van der Waals surface area contributed by atoms with E-state index in [-0.39, 0.29) is 17.5 Å². The van der Waals surface area contributed by atoms with Gasteiger partial charge in [-0.25, -0.2) is 9.20 Å². The Bertz CT molecular complexity index is 1630. The highest BCUT2D eigenvalue weighted by Crippen LogP contribution is 2.34. The maximum atomic E-state index is 13.4. The molecule has 0 fully saturated rings. The molecule has 1 amide bonds. The molecule has 3 heterocycles. The first kappa shape index (κ1) is 24.2. The third-order valence-corrected chi connectivity index (χ3v) is 6.44. The van der Waals surface area contributed by atoms with E-state index >= 15 is 0 Å². The molecular weight excluding hydrogens is 462 g/mol. The zero-order chi connectivity index (χ0) is 26.2. The summed E-state index contributed by atoms with van der Waals surface area (Å²) in [6.07, 6.45) is 1.79. The van der Waals surface area contributed by atoms with Crippen LogP contribution in [0, 0.1) is 0 Å². The Hall–Kier alpha value is -4.52. The smallest absolute Gasteiger partial charge is 0.267 e. The van der Waals surface area contributed by atoms with Crippen LogP contribution in [-0.4, -0.2) is 25.3 Å². The Kier molecular flexibility index (Phi) is 6.21. The van der Waals surface area contributed by atoms with E-state index in [1.165, 1.54) is 10.7 Å². The first-order chi connectivity index (χ1) is 17.7. The average molecular weight is 492 g/mol. The molecular formula is C30H29N5O2. The summed E-state index contributed by atoms with van der Waals surface area (Å²) in [5.41, 5.74) is 4.55. The molecule has 0 aliphatic rings. The first-order valence-corrected chi connectivity index (χ1v) is 12.3. The Labute approximate surface area is 215 Å². The van der Waals surface area contributed by atoms with Crippen molar-refractivity contribution in [1.29, 1.82) is 0 Å². The van der Waals surface area contributed by atoms with E-state index in [4.69, 9.17) is 5.10 Å². The van der Waals surface area contributed by atoms with E-state index in [0.717, 1.165) is 27.9 Å². The number of amides is 1. The number of nitrogens with zero attached hydrogens (tertiary/aromatic N) is 4. The van der Waals surface area contributed by atoms with Gasteiger partial charge in [-0.15, -0.1) is 0 Å². The van der Waals surface area contributed by atoms with Crippen molar-refractivity contribution in [2.45, 2.75) is 39.3 Å². The Morgan fingerprint density at radius 1 is 0.892 bits per heavy atom. The zero-order valence-corrected chi connectivity index (χ0v) is 21.3. The molecule has 7 heteroatoms. The van der Waals surface area contributed by atoms with Crippen molar-refractivity contribution in [2.24, 2.45) is 0 Å². The summed E-state index contributed by atoms with van der Waals surface area (Å²) in [7, 11) is 0. The van der Waals surface area contributed by atoms with Crippen molar-refractivity contribution in [1.82, 2.24) is 24.7 Å². The molecule has 7 nitrogen and oxygen atoms in total. The lowest BCUT2D eigenvalue weighted by molar-refractivity contribution is 0.0912. The predicted octanol–water partition coefficient (Wildman–Crippen LogP) is 5.47. The molecule has 0 unspecified atom stereocenters. The minimum absolute atomic E-state index is 0.101. The van der Waals surface area contributed by atoms with Gasteiger partial charge in [0.05, 0.1) is 28.4 Å². The van der Waals surface area contributed by atoms with Gasteiger partial charge in [-0.2, -0.15) is 10.2 Å². The van der Waals surface area contributed by atoms with Crippen molar-refractivity contribution in [3.8, 4) is 22.5 Å². The highest BCUT2D eigenvalue weighted by atomic mass is 16.2. The normalized spacial score (nSPS) is 11.7. The summed E-state index contributed by atoms with van der Waals surface area (Å²) in [5.74, 6) is -0.190. The molecule has 2 aromatic carbocycles. The van der Waals surface area contributed by atoms with Crippen LogP contribution in [0.4, 0.5) is 0 Å². The van der Waals surface area contributed by atoms with Crippen LogP contribution in [0.2, 0.25) is 0 Å². The summed E-state index contributed by atoms with van der Waals surface area (Å²) < 4.78 is 3.22. The summed E-state index contributed by atoms with van der Waals surface area (Å²) in [5, 5.41) is 12.7. The Balaban J connectivity index is 1.65. The van der Waals surface area contributed by atoms with Gasteiger partial charge in [0.1, 0.15) is 5.69 Å². The second-order valence-electron chi connectivity index (χ2n) is 9.88. The van der Waals surface area contributed by atoms with Gasteiger partial charge in [-0.05, 0) is 51.5 Å². The maximum Gasteiger partial charge on any atom is 0.267 e. The Morgan fingerprint density at radius 2 is 1.57 bits per heavy atom. The van der Waals surface area contributed by atoms with E-state index in [1.54, 1.807) is 22.8 Å². The number of pyridine rings is 1. The molecule has 186 valence electrons. The fourth-order valence-electron chi connectivity index (χ4n) is 4.45. The number of hydrogen-bond donors (Lipinski definition) is 1. The van der Waals surface area contributed by atoms with Gasteiger partial charge in [-0.1, -0.05) is 60.7 Å². The lowest BCUT2D eigenvalue weighted by Crippen LogP contribution is -2.41. The van der Waals surface area contributed by atoms with Crippen molar-refractivity contribution >= 4 is 11.4 Å². The van der Waals surface area contributed by atoms with Crippen LogP contribution in [0.1, 0.15) is 49.7 Å². The first-order valence-electron chi connectivity index (χ1n) is 12.3. The van der Waals surface area contributed by atoms with E-state index in [0.29, 0.717) is 11.3 Å². The van der Waals surface area contributed by atoms with Crippen LogP contribution in [-0.2, 0) is 5.54 Å². The van der Waals surface area contributed by atoms with E-state index in [1.807, 2.05) is 94.4 Å². The molecule has 0 aliphatic heterocycles. The molecule has 37 heavy (non-hydrogen) atoms. The summed E-state index contributed by atoms with van der Waals surface area (Å²) >= 11 is 0. The van der Waals surface area contributed by atoms with Gasteiger partial charge >= 0.3 is 0 Å². The number of aromatic nitrogens is 4. The SMILES string of the molecule is CC(C)n1nc(-c2c(-c3ccccc3)nn3ccc(C(=O)NC(C)(C)c4ccccc4)cc23)ccc1=O. The van der Waals surface area contributed by atoms with Gasteiger partial charge in [-0.3, -0.25) is 9.59 Å². The second-order valence-corrected chi connectivity index (χ2v) is 9.88. The van der Waals surface area contributed by atoms with Gasteiger partial charge in [0.2, 0.25) is 0 Å². The van der Waals surface area contributed by atoms with Crippen molar-refractivity contribution in [3.05, 3.63) is 113 Å². The fourth-order valence-corrected chi connectivity index (χ4v) is 4.45. The van der Waals surface area contributed by atoms with Crippen LogP contribution < -0.4 is 10.9 Å². The molecule has 0 bridgehead atoms. The maximum absolute atomic E-state index is 13.4. The molecule has 5 aromatic rings. The lowest BCUT2D eigenvalue weighted by Gasteiger charge is -2.27. The zero-order valence-electron chi connectivity index (χ0n) is 21.3. The molecule has 0 aliphatic carbocycles. The standard InChI is InChI=1S/C30H29N5O2/c1-20(2)35-26(36)16-15-24(32-35)27-25-19-22(29(37)31-30(3,4)23-13-9-6-10-14-23)17-18-34(25)33-28(27)21-11-7-5-8-12-21/h5-20H,1-4H3,(H,31,37). The van der Waals surface area contributed by atoms with Gasteiger partial charge in [0, 0.05) is 23.4 Å². The molecule has 5 rings (SSSR count). The lowest BCUT2D eigenvalue weighted by atomic mass is 9.94. The van der Waals surface area contributed by atoms with Crippen LogP contribution >= 0.6 is 0 Å². The monoisotopic (exact) mass is 491 g/mol. The third-order valence-electron chi connectivity index (χ3n) is 6.44. The van der Waals surface area contributed by atoms with Gasteiger partial charge < -0.3 is 5.32 Å². The number of hydrogen-bond acceptors (Lipinski definition) is 4. The molecule has 3 aromatic heterocycles. The quantitative estimate of drug-likeness (QED) is 0.341.